The molecule has 0 unspecified atom stereocenters. The average Bonchev–Trinajstić information content (AvgIpc) is 2.35. The minimum Gasteiger partial charge on any atom is -0.508 e. The van der Waals surface area contributed by atoms with Crippen LogP contribution in [0.4, 0.5) is 0 Å². The van der Waals surface area contributed by atoms with E-state index >= 15 is 0 Å². The van der Waals surface area contributed by atoms with Crippen LogP contribution in [0.1, 0.15) is 25.8 Å². The van der Waals surface area contributed by atoms with Gasteiger partial charge in [0.05, 0.1) is 6.16 Å². The maximum absolute atomic E-state index is 12.0. The SMILES string of the molecule is COP(=O)(CCC(C)(C)c1ccc(O)cc1O)OC. The minimum atomic E-state index is -3.05. The van der Waals surface area contributed by atoms with Gasteiger partial charge >= 0.3 is 7.60 Å². The zero-order chi connectivity index (χ0) is 14.7. The molecule has 6 heteroatoms. The maximum Gasteiger partial charge on any atom is 0.330 e. The number of hydrogen-bond donors (Lipinski definition) is 2. The Morgan fingerprint density at radius 2 is 1.79 bits per heavy atom. The van der Waals surface area contributed by atoms with Crippen molar-refractivity contribution in [2.24, 2.45) is 0 Å². The average molecular weight is 288 g/mol. The number of phenolic OH excluding ortho intramolecular Hbond substituents is 2. The molecular formula is C13H21O5P. The van der Waals surface area contributed by atoms with Crippen LogP contribution in [0.15, 0.2) is 18.2 Å². The van der Waals surface area contributed by atoms with E-state index in [1.807, 2.05) is 13.8 Å². The molecule has 108 valence electrons. The van der Waals surface area contributed by atoms with Crippen LogP contribution in [0.2, 0.25) is 0 Å². The summed E-state index contributed by atoms with van der Waals surface area (Å²) in [5, 5.41) is 19.2. The molecule has 0 amide bonds. The molecule has 0 aliphatic heterocycles. The summed E-state index contributed by atoms with van der Waals surface area (Å²) < 4.78 is 21.8. The van der Waals surface area contributed by atoms with E-state index in [4.69, 9.17) is 9.05 Å². The normalized spacial score (nSPS) is 12.6. The van der Waals surface area contributed by atoms with Gasteiger partial charge in [-0.05, 0) is 23.5 Å². The van der Waals surface area contributed by atoms with Gasteiger partial charge in [0.1, 0.15) is 11.5 Å². The fourth-order valence-electron chi connectivity index (χ4n) is 1.90. The van der Waals surface area contributed by atoms with Gasteiger partial charge in [-0.3, -0.25) is 4.57 Å². The standard InChI is InChI=1S/C13H21O5P/c1-13(2,7-8-19(16,17-3)18-4)11-6-5-10(14)9-12(11)15/h5-6,9,14-15H,7-8H2,1-4H3. The molecule has 19 heavy (non-hydrogen) atoms. The van der Waals surface area contributed by atoms with E-state index in [0.717, 1.165) is 0 Å². The van der Waals surface area contributed by atoms with E-state index in [9.17, 15) is 14.8 Å². The molecule has 1 aromatic rings. The Balaban J connectivity index is 2.89. The smallest absolute Gasteiger partial charge is 0.330 e. The van der Waals surface area contributed by atoms with Gasteiger partial charge in [-0.15, -0.1) is 0 Å². The second kappa shape index (κ2) is 5.95. The van der Waals surface area contributed by atoms with Gasteiger partial charge < -0.3 is 19.3 Å². The highest BCUT2D eigenvalue weighted by atomic mass is 31.2. The summed E-state index contributed by atoms with van der Waals surface area (Å²) >= 11 is 0. The molecule has 0 aliphatic rings. The predicted molar refractivity (Wildman–Crippen MR) is 73.9 cm³/mol. The van der Waals surface area contributed by atoms with Crippen molar-refractivity contribution in [1.29, 1.82) is 0 Å². The third kappa shape index (κ3) is 3.96. The Kier molecular flexibility index (Phi) is 5.02. The first kappa shape index (κ1) is 16.0. The van der Waals surface area contributed by atoms with Gasteiger partial charge in [-0.2, -0.15) is 0 Å². The monoisotopic (exact) mass is 288 g/mol. The molecule has 0 bridgehead atoms. The number of aromatic hydroxyl groups is 2. The Hall–Kier alpha value is -1.03. The molecule has 5 nitrogen and oxygen atoms in total. The Morgan fingerprint density at radius 3 is 2.26 bits per heavy atom. The minimum absolute atomic E-state index is 0.0107. The Morgan fingerprint density at radius 1 is 1.21 bits per heavy atom. The van der Waals surface area contributed by atoms with Crippen LogP contribution in [-0.4, -0.2) is 30.6 Å². The van der Waals surface area contributed by atoms with Gasteiger partial charge in [-0.25, -0.2) is 0 Å². The summed E-state index contributed by atoms with van der Waals surface area (Å²) in [4.78, 5) is 0. The van der Waals surface area contributed by atoms with Gasteiger partial charge in [0, 0.05) is 20.3 Å². The van der Waals surface area contributed by atoms with Crippen molar-refractivity contribution < 1.29 is 23.8 Å². The lowest BCUT2D eigenvalue weighted by atomic mass is 9.81. The second-order valence-corrected chi connectivity index (χ2v) is 7.43. The van der Waals surface area contributed by atoms with Crippen LogP contribution in [0.3, 0.4) is 0 Å². The van der Waals surface area contributed by atoms with E-state index in [1.165, 1.54) is 26.4 Å². The zero-order valence-electron chi connectivity index (χ0n) is 11.7. The molecule has 0 radical (unpaired) electrons. The van der Waals surface area contributed by atoms with Crippen LogP contribution < -0.4 is 0 Å². The lowest BCUT2D eigenvalue weighted by Crippen LogP contribution is -2.19. The predicted octanol–water partition coefficient (Wildman–Crippen LogP) is 3.25. The quantitative estimate of drug-likeness (QED) is 0.786. The molecule has 0 heterocycles. The summed E-state index contributed by atoms with van der Waals surface area (Å²) in [5.41, 5.74) is 0.272. The van der Waals surface area contributed by atoms with Crippen LogP contribution in [0.5, 0.6) is 11.5 Å². The topological polar surface area (TPSA) is 76.0 Å². The summed E-state index contributed by atoms with van der Waals surface area (Å²) in [6, 6.07) is 4.47. The lowest BCUT2D eigenvalue weighted by molar-refractivity contribution is 0.271. The van der Waals surface area contributed by atoms with Gasteiger partial charge in [0.25, 0.3) is 0 Å². The third-order valence-electron chi connectivity index (χ3n) is 3.28. The summed E-state index contributed by atoms with van der Waals surface area (Å²) in [6.45, 7) is 3.85. The lowest BCUT2D eigenvalue weighted by Gasteiger charge is -2.27. The van der Waals surface area contributed by atoms with E-state index in [0.29, 0.717) is 12.0 Å². The fourth-order valence-corrected chi connectivity index (χ4v) is 3.25. The van der Waals surface area contributed by atoms with Crippen molar-refractivity contribution >= 4 is 7.60 Å². The molecule has 0 saturated carbocycles. The second-order valence-electron chi connectivity index (χ2n) is 5.03. The van der Waals surface area contributed by atoms with Crippen LogP contribution in [0, 0.1) is 0 Å². The van der Waals surface area contributed by atoms with Gasteiger partial charge in [0.2, 0.25) is 0 Å². The number of rotatable bonds is 6. The van der Waals surface area contributed by atoms with Crippen LogP contribution in [-0.2, 0) is 19.0 Å². The number of benzene rings is 1. The highest BCUT2D eigenvalue weighted by Gasteiger charge is 2.29. The molecule has 2 N–H and O–H groups in total. The first-order valence-electron chi connectivity index (χ1n) is 5.97. The first-order valence-corrected chi connectivity index (χ1v) is 7.70. The Labute approximate surface area is 113 Å². The third-order valence-corrected chi connectivity index (χ3v) is 5.16. The van der Waals surface area contributed by atoms with Gasteiger partial charge in [-0.1, -0.05) is 19.9 Å². The van der Waals surface area contributed by atoms with Crippen LogP contribution in [0.25, 0.3) is 0 Å². The van der Waals surface area contributed by atoms with Crippen molar-refractivity contribution in [1.82, 2.24) is 0 Å². The summed E-state index contributed by atoms with van der Waals surface area (Å²) in [7, 11) is -0.341. The van der Waals surface area contributed by atoms with Crippen molar-refractivity contribution in [3.8, 4) is 11.5 Å². The van der Waals surface area contributed by atoms with Crippen molar-refractivity contribution in [2.45, 2.75) is 25.7 Å². The Bertz CT molecular complexity index is 476. The number of phenols is 2. The van der Waals surface area contributed by atoms with Gasteiger partial charge in [0.15, 0.2) is 0 Å². The van der Waals surface area contributed by atoms with Crippen molar-refractivity contribution in [3.63, 3.8) is 0 Å². The summed E-state index contributed by atoms with van der Waals surface area (Å²) in [5.74, 6) is 0.0335. The molecular weight excluding hydrogens is 267 g/mol. The van der Waals surface area contributed by atoms with E-state index in [2.05, 4.69) is 0 Å². The van der Waals surface area contributed by atoms with E-state index in [-0.39, 0.29) is 17.7 Å². The number of hydrogen-bond acceptors (Lipinski definition) is 5. The molecule has 0 fully saturated rings. The summed E-state index contributed by atoms with van der Waals surface area (Å²) in [6.07, 6.45) is 0.775. The largest absolute Gasteiger partial charge is 0.508 e. The fraction of sp³-hybridized carbons (Fsp3) is 0.538. The molecule has 1 aromatic carbocycles. The van der Waals surface area contributed by atoms with Crippen molar-refractivity contribution in [3.05, 3.63) is 23.8 Å². The zero-order valence-corrected chi connectivity index (χ0v) is 12.6. The first-order chi connectivity index (χ1) is 8.74. The van der Waals surface area contributed by atoms with E-state index < -0.39 is 13.0 Å². The molecule has 0 atom stereocenters. The molecule has 1 rings (SSSR count). The molecule has 0 aliphatic carbocycles. The van der Waals surface area contributed by atoms with Crippen LogP contribution >= 0.6 is 7.60 Å². The molecule has 0 spiro atoms. The highest BCUT2D eigenvalue weighted by Crippen LogP contribution is 2.49. The maximum atomic E-state index is 12.0. The van der Waals surface area contributed by atoms with Crippen molar-refractivity contribution in [2.75, 3.05) is 20.4 Å². The molecule has 0 saturated heterocycles. The van der Waals surface area contributed by atoms with E-state index in [1.54, 1.807) is 6.07 Å². The highest BCUT2D eigenvalue weighted by molar-refractivity contribution is 7.53. The molecule has 0 aromatic heterocycles.